The van der Waals surface area contributed by atoms with Gasteiger partial charge >= 0.3 is 5.97 Å². The summed E-state index contributed by atoms with van der Waals surface area (Å²) in [5.41, 5.74) is -0.0504. The Morgan fingerprint density at radius 2 is 2.05 bits per heavy atom. The molecule has 112 valence electrons. The number of benzene rings is 1. The summed E-state index contributed by atoms with van der Waals surface area (Å²) >= 11 is 1.79. The number of halogens is 3. The predicted octanol–water partition coefficient (Wildman–Crippen LogP) is 3.41. The van der Waals surface area contributed by atoms with Gasteiger partial charge < -0.3 is 10.4 Å². The maximum absolute atomic E-state index is 13.8. The minimum absolute atomic E-state index is 0.0175. The second-order valence-electron chi connectivity index (χ2n) is 5.12. The van der Waals surface area contributed by atoms with Crippen molar-refractivity contribution in [3.8, 4) is 0 Å². The van der Waals surface area contributed by atoms with Gasteiger partial charge in [-0.2, -0.15) is 0 Å². The summed E-state index contributed by atoms with van der Waals surface area (Å²) in [6.07, 6.45) is 0.527. The van der Waals surface area contributed by atoms with Gasteiger partial charge in [0.2, 0.25) is 0 Å². The quantitative estimate of drug-likeness (QED) is 0.548. The third-order valence-corrected chi connectivity index (χ3v) is 3.77. The molecule has 0 spiro atoms. The molecule has 0 saturated carbocycles. The second-order valence-corrected chi connectivity index (χ2v) is 6.28. The lowest BCUT2D eigenvalue weighted by atomic mass is 9.97. The highest BCUT2D eigenvalue weighted by Crippen LogP contribution is 2.18. The Balaban J connectivity index is 2.63. The SMILES string of the molecule is CC(C)CC(CNCc1c(F)ccc(I)c1F)C(=O)O. The van der Waals surface area contributed by atoms with Crippen LogP contribution < -0.4 is 5.32 Å². The molecule has 1 rings (SSSR count). The van der Waals surface area contributed by atoms with Crippen molar-refractivity contribution >= 4 is 28.6 Å². The Morgan fingerprint density at radius 3 is 2.60 bits per heavy atom. The highest BCUT2D eigenvalue weighted by atomic mass is 127. The first-order valence-electron chi connectivity index (χ1n) is 6.38. The Hall–Kier alpha value is -0.760. The summed E-state index contributed by atoms with van der Waals surface area (Å²) in [5.74, 6) is -2.40. The first-order chi connectivity index (χ1) is 9.32. The number of carboxylic acids is 1. The van der Waals surface area contributed by atoms with E-state index in [1.54, 1.807) is 22.6 Å². The van der Waals surface area contributed by atoms with Crippen LogP contribution in [0.25, 0.3) is 0 Å². The zero-order valence-electron chi connectivity index (χ0n) is 11.4. The van der Waals surface area contributed by atoms with Crippen molar-refractivity contribution in [1.82, 2.24) is 5.32 Å². The first kappa shape index (κ1) is 17.3. The molecule has 0 heterocycles. The third kappa shape index (κ3) is 4.97. The number of hydrogen-bond donors (Lipinski definition) is 2. The lowest BCUT2D eigenvalue weighted by molar-refractivity contribution is -0.142. The fourth-order valence-electron chi connectivity index (χ4n) is 1.94. The molecule has 0 aliphatic heterocycles. The van der Waals surface area contributed by atoms with Crippen LogP contribution in [-0.4, -0.2) is 17.6 Å². The van der Waals surface area contributed by atoms with E-state index in [2.05, 4.69) is 5.32 Å². The van der Waals surface area contributed by atoms with Gasteiger partial charge in [-0.15, -0.1) is 0 Å². The van der Waals surface area contributed by atoms with Crippen molar-refractivity contribution in [2.45, 2.75) is 26.8 Å². The molecule has 0 fully saturated rings. The summed E-state index contributed by atoms with van der Waals surface area (Å²) in [6.45, 7) is 4.05. The average molecular weight is 397 g/mol. The predicted molar refractivity (Wildman–Crippen MR) is 81.4 cm³/mol. The maximum Gasteiger partial charge on any atom is 0.307 e. The largest absolute Gasteiger partial charge is 0.481 e. The Bertz CT molecular complexity index is 480. The fraction of sp³-hybridized carbons (Fsp3) is 0.500. The number of aliphatic carboxylic acids is 1. The molecule has 0 saturated heterocycles. The van der Waals surface area contributed by atoms with Gasteiger partial charge in [-0.05, 0) is 47.1 Å². The number of carboxylic acid groups (broad SMARTS) is 1. The second kappa shape index (κ2) is 7.87. The van der Waals surface area contributed by atoms with Crippen LogP contribution in [0, 0.1) is 27.0 Å². The van der Waals surface area contributed by atoms with E-state index in [1.807, 2.05) is 13.8 Å². The van der Waals surface area contributed by atoms with Gasteiger partial charge in [-0.25, -0.2) is 8.78 Å². The van der Waals surface area contributed by atoms with Crippen LogP contribution in [0.15, 0.2) is 12.1 Å². The number of hydrogen-bond acceptors (Lipinski definition) is 2. The van der Waals surface area contributed by atoms with E-state index >= 15 is 0 Å². The Morgan fingerprint density at radius 1 is 1.40 bits per heavy atom. The van der Waals surface area contributed by atoms with E-state index in [1.165, 1.54) is 12.1 Å². The van der Waals surface area contributed by atoms with Crippen LogP contribution in [0.5, 0.6) is 0 Å². The maximum atomic E-state index is 13.8. The van der Waals surface area contributed by atoms with Crippen molar-refractivity contribution in [3.05, 3.63) is 32.9 Å². The van der Waals surface area contributed by atoms with Gasteiger partial charge in [0.05, 0.1) is 5.92 Å². The molecule has 0 aromatic heterocycles. The van der Waals surface area contributed by atoms with Gasteiger partial charge in [-0.1, -0.05) is 13.8 Å². The minimum Gasteiger partial charge on any atom is -0.481 e. The van der Waals surface area contributed by atoms with Gasteiger partial charge in [-0.3, -0.25) is 4.79 Å². The molecule has 6 heteroatoms. The van der Waals surface area contributed by atoms with E-state index in [0.717, 1.165) is 0 Å². The minimum atomic E-state index is -0.894. The lowest BCUT2D eigenvalue weighted by Gasteiger charge is -2.16. The van der Waals surface area contributed by atoms with Crippen molar-refractivity contribution < 1.29 is 18.7 Å². The average Bonchev–Trinajstić information content (AvgIpc) is 2.36. The number of carbonyl (C=O) groups is 1. The first-order valence-corrected chi connectivity index (χ1v) is 7.46. The summed E-state index contributed by atoms with van der Waals surface area (Å²) in [7, 11) is 0. The number of nitrogens with one attached hydrogen (secondary N) is 1. The zero-order valence-corrected chi connectivity index (χ0v) is 13.6. The van der Waals surface area contributed by atoms with Crippen LogP contribution in [-0.2, 0) is 11.3 Å². The fourth-order valence-corrected chi connectivity index (χ4v) is 2.45. The standard InChI is InChI=1S/C14H18F2INO2/c1-8(2)5-9(14(19)20)6-18-7-10-11(15)3-4-12(17)13(10)16/h3-4,8-9,18H,5-7H2,1-2H3,(H,19,20). The van der Waals surface area contributed by atoms with Gasteiger partial charge in [0.1, 0.15) is 11.6 Å². The molecule has 1 atom stereocenters. The normalized spacial score (nSPS) is 12.7. The molecule has 0 amide bonds. The van der Waals surface area contributed by atoms with Crippen LogP contribution in [0.2, 0.25) is 0 Å². The van der Waals surface area contributed by atoms with Crippen LogP contribution in [0.3, 0.4) is 0 Å². The van der Waals surface area contributed by atoms with E-state index in [-0.39, 0.29) is 24.6 Å². The van der Waals surface area contributed by atoms with Crippen LogP contribution in [0.1, 0.15) is 25.8 Å². The molecule has 0 bridgehead atoms. The smallest absolute Gasteiger partial charge is 0.307 e. The molecule has 0 aliphatic carbocycles. The summed E-state index contributed by atoms with van der Waals surface area (Å²) in [6, 6.07) is 2.58. The van der Waals surface area contributed by atoms with E-state index in [0.29, 0.717) is 9.99 Å². The van der Waals surface area contributed by atoms with Crippen molar-refractivity contribution in [3.63, 3.8) is 0 Å². The molecule has 0 aliphatic rings. The molecular weight excluding hydrogens is 379 g/mol. The summed E-state index contributed by atoms with van der Waals surface area (Å²) in [5, 5.41) is 11.9. The van der Waals surface area contributed by atoms with E-state index in [9.17, 15) is 13.6 Å². The molecule has 1 unspecified atom stereocenters. The highest BCUT2D eigenvalue weighted by molar-refractivity contribution is 14.1. The molecular formula is C14H18F2INO2. The van der Waals surface area contributed by atoms with Crippen molar-refractivity contribution in [2.75, 3.05) is 6.54 Å². The molecule has 20 heavy (non-hydrogen) atoms. The lowest BCUT2D eigenvalue weighted by Crippen LogP contribution is -2.29. The van der Waals surface area contributed by atoms with E-state index < -0.39 is 23.5 Å². The molecule has 1 aromatic carbocycles. The molecule has 3 nitrogen and oxygen atoms in total. The topological polar surface area (TPSA) is 49.3 Å². The van der Waals surface area contributed by atoms with Crippen LogP contribution in [0.4, 0.5) is 8.78 Å². The van der Waals surface area contributed by atoms with Gasteiger partial charge in [0.25, 0.3) is 0 Å². The zero-order chi connectivity index (χ0) is 15.3. The van der Waals surface area contributed by atoms with Crippen molar-refractivity contribution in [2.24, 2.45) is 11.8 Å². The monoisotopic (exact) mass is 397 g/mol. The third-order valence-electron chi connectivity index (χ3n) is 2.94. The van der Waals surface area contributed by atoms with Crippen molar-refractivity contribution in [1.29, 1.82) is 0 Å². The van der Waals surface area contributed by atoms with Crippen LogP contribution >= 0.6 is 22.6 Å². The Labute approximate surface area is 130 Å². The number of rotatable bonds is 7. The van der Waals surface area contributed by atoms with Gasteiger partial charge in [0, 0.05) is 22.2 Å². The molecule has 1 aromatic rings. The summed E-state index contributed by atoms with van der Waals surface area (Å²) in [4.78, 5) is 11.1. The molecule has 2 N–H and O–H groups in total. The van der Waals surface area contributed by atoms with Gasteiger partial charge in [0.15, 0.2) is 0 Å². The van der Waals surface area contributed by atoms with E-state index in [4.69, 9.17) is 5.11 Å². The highest BCUT2D eigenvalue weighted by Gasteiger charge is 2.19. The Kier molecular flexibility index (Phi) is 6.81. The molecule has 0 radical (unpaired) electrons. The summed E-state index contributed by atoms with van der Waals surface area (Å²) < 4.78 is 27.6.